The van der Waals surface area contributed by atoms with Gasteiger partial charge in [-0.1, -0.05) is 30.3 Å². The largest absolute Gasteiger partial charge is 0.388 e. The van der Waals surface area contributed by atoms with Crippen LogP contribution in [0.5, 0.6) is 0 Å². The van der Waals surface area contributed by atoms with Gasteiger partial charge in [0.1, 0.15) is 0 Å². The number of thioether (sulfide) groups is 1. The van der Waals surface area contributed by atoms with Crippen LogP contribution in [0.25, 0.3) is 0 Å². The summed E-state index contributed by atoms with van der Waals surface area (Å²) in [5.41, 5.74) is 2.63. The standard InChI is InChI=1S/C14H17NOS/c16-13-10-17-14-6-7-15(9-12(13)14)8-11-4-2-1-3-5-11/h1-5,13,16H,6-10H2. The fraction of sp³-hybridized carbons (Fsp3) is 0.429. The number of benzene rings is 1. The molecule has 2 aliphatic heterocycles. The lowest BCUT2D eigenvalue weighted by atomic mass is 10.0. The van der Waals surface area contributed by atoms with E-state index < -0.39 is 0 Å². The maximum absolute atomic E-state index is 9.90. The van der Waals surface area contributed by atoms with Gasteiger partial charge in [0.25, 0.3) is 0 Å². The average Bonchev–Trinajstić information content (AvgIpc) is 2.73. The van der Waals surface area contributed by atoms with Crippen LogP contribution in [0.4, 0.5) is 0 Å². The van der Waals surface area contributed by atoms with Gasteiger partial charge in [0.05, 0.1) is 6.10 Å². The Morgan fingerprint density at radius 2 is 2.12 bits per heavy atom. The van der Waals surface area contributed by atoms with Crippen LogP contribution >= 0.6 is 11.8 Å². The molecule has 0 aromatic heterocycles. The van der Waals surface area contributed by atoms with Gasteiger partial charge < -0.3 is 5.11 Å². The summed E-state index contributed by atoms with van der Waals surface area (Å²) < 4.78 is 0. The van der Waals surface area contributed by atoms with Gasteiger partial charge in [-0.25, -0.2) is 0 Å². The monoisotopic (exact) mass is 247 g/mol. The molecule has 0 radical (unpaired) electrons. The maximum Gasteiger partial charge on any atom is 0.0866 e. The lowest BCUT2D eigenvalue weighted by molar-refractivity contribution is 0.203. The van der Waals surface area contributed by atoms with Crippen molar-refractivity contribution >= 4 is 11.8 Å². The number of rotatable bonds is 2. The molecule has 1 aromatic rings. The maximum atomic E-state index is 9.90. The first-order chi connectivity index (χ1) is 8.33. The number of hydrogen-bond acceptors (Lipinski definition) is 3. The SMILES string of the molecule is OC1CSC2=C1CN(Cc1ccccc1)CC2. The lowest BCUT2D eigenvalue weighted by Crippen LogP contribution is -2.32. The van der Waals surface area contributed by atoms with E-state index in [0.29, 0.717) is 0 Å². The van der Waals surface area contributed by atoms with Crippen molar-refractivity contribution in [1.82, 2.24) is 4.90 Å². The average molecular weight is 247 g/mol. The summed E-state index contributed by atoms with van der Waals surface area (Å²) in [5.74, 6) is 0.865. The fourth-order valence-corrected chi connectivity index (χ4v) is 3.72. The van der Waals surface area contributed by atoms with Crippen molar-refractivity contribution in [3.05, 3.63) is 46.4 Å². The molecule has 17 heavy (non-hydrogen) atoms. The lowest BCUT2D eigenvalue weighted by Gasteiger charge is -2.28. The van der Waals surface area contributed by atoms with Crippen molar-refractivity contribution in [2.45, 2.75) is 19.1 Å². The summed E-state index contributed by atoms with van der Waals surface area (Å²) >= 11 is 1.85. The molecule has 0 saturated carbocycles. The zero-order valence-corrected chi connectivity index (χ0v) is 10.6. The van der Waals surface area contributed by atoms with Crippen molar-refractivity contribution in [3.63, 3.8) is 0 Å². The normalized spacial score (nSPS) is 25.1. The second-order valence-corrected chi connectivity index (χ2v) is 5.84. The summed E-state index contributed by atoms with van der Waals surface area (Å²) in [6, 6.07) is 10.6. The third-order valence-electron chi connectivity index (χ3n) is 3.47. The molecule has 0 aliphatic carbocycles. The topological polar surface area (TPSA) is 23.5 Å². The van der Waals surface area contributed by atoms with Crippen LogP contribution in [0, 0.1) is 0 Å². The van der Waals surface area contributed by atoms with Crippen LogP contribution < -0.4 is 0 Å². The summed E-state index contributed by atoms with van der Waals surface area (Å²) in [6.07, 6.45) is 0.915. The molecule has 1 aromatic carbocycles. The Morgan fingerprint density at radius 3 is 2.94 bits per heavy atom. The molecule has 1 unspecified atom stereocenters. The zero-order chi connectivity index (χ0) is 11.7. The molecule has 2 aliphatic rings. The second-order valence-electron chi connectivity index (χ2n) is 4.72. The van der Waals surface area contributed by atoms with Gasteiger partial charge in [0.15, 0.2) is 0 Å². The minimum Gasteiger partial charge on any atom is -0.388 e. The first-order valence-corrected chi connectivity index (χ1v) is 7.10. The molecule has 2 heterocycles. The van der Waals surface area contributed by atoms with Crippen LogP contribution in [-0.4, -0.2) is 35.0 Å². The molecule has 0 amide bonds. The van der Waals surface area contributed by atoms with E-state index in [9.17, 15) is 5.11 Å². The molecular weight excluding hydrogens is 230 g/mol. The fourth-order valence-electron chi connectivity index (χ4n) is 2.54. The van der Waals surface area contributed by atoms with E-state index >= 15 is 0 Å². The predicted octanol–water partition coefficient (Wildman–Crippen LogP) is 2.25. The molecule has 2 nitrogen and oxygen atoms in total. The Labute approximate surface area is 106 Å². The summed E-state index contributed by atoms with van der Waals surface area (Å²) in [7, 11) is 0. The van der Waals surface area contributed by atoms with E-state index in [4.69, 9.17) is 0 Å². The van der Waals surface area contributed by atoms with Crippen molar-refractivity contribution < 1.29 is 5.11 Å². The molecule has 0 bridgehead atoms. The zero-order valence-electron chi connectivity index (χ0n) is 9.80. The molecule has 1 N–H and O–H groups in total. The second kappa shape index (κ2) is 4.84. The Balaban J connectivity index is 1.68. The highest BCUT2D eigenvalue weighted by molar-refractivity contribution is 8.03. The minimum atomic E-state index is -0.200. The number of aliphatic hydroxyl groups is 1. The third kappa shape index (κ3) is 2.41. The molecule has 0 saturated heterocycles. The van der Waals surface area contributed by atoms with Crippen molar-refractivity contribution in [2.75, 3.05) is 18.8 Å². The van der Waals surface area contributed by atoms with Gasteiger partial charge in [0.2, 0.25) is 0 Å². The highest BCUT2D eigenvalue weighted by Gasteiger charge is 2.29. The summed E-state index contributed by atoms with van der Waals surface area (Å²) in [5, 5.41) is 9.90. The Hall–Kier alpha value is -0.770. The van der Waals surface area contributed by atoms with Crippen molar-refractivity contribution in [1.29, 1.82) is 0 Å². The number of nitrogens with zero attached hydrogens (tertiary/aromatic N) is 1. The van der Waals surface area contributed by atoms with Crippen LogP contribution in [0.1, 0.15) is 12.0 Å². The van der Waals surface area contributed by atoms with E-state index in [1.807, 2.05) is 11.8 Å². The Morgan fingerprint density at radius 1 is 1.29 bits per heavy atom. The summed E-state index contributed by atoms with van der Waals surface area (Å²) in [6.45, 7) is 3.06. The van der Waals surface area contributed by atoms with Gasteiger partial charge in [-0.05, 0) is 22.5 Å². The van der Waals surface area contributed by atoms with Crippen LogP contribution in [0.15, 0.2) is 40.8 Å². The van der Waals surface area contributed by atoms with Gasteiger partial charge in [-0.2, -0.15) is 0 Å². The molecule has 0 fully saturated rings. The highest BCUT2D eigenvalue weighted by atomic mass is 32.2. The van der Waals surface area contributed by atoms with E-state index in [1.54, 1.807) is 0 Å². The number of hydrogen-bond donors (Lipinski definition) is 1. The molecule has 90 valence electrons. The molecule has 3 rings (SSSR count). The first kappa shape index (κ1) is 11.3. The van der Waals surface area contributed by atoms with Crippen LogP contribution in [0.3, 0.4) is 0 Å². The summed E-state index contributed by atoms with van der Waals surface area (Å²) in [4.78, 5) is 3.88. The minimum absolute atomic E-state index is 0.200. The van der Waals surface area contributed by atoms with E-state index in [2.05, 4.69) is 35.2 Å². The molecule has 0 spiro atoms. The molecular formula is C14H17NOS. The van der Waals surface area contributed by atoms with Crippen molar-refractivity contribution in [2.24, 2.45) is 0 Å². The van der Waals surface area contributed by atoms with E-state index in [1.165, 1.54) is 16.0 Å². The highest BCUT2D eigenvalue weighted by Crippen LogP contribution is 2.37. The Bertz CT molecular complexity index is 429. The van der Waals surface area contributed by atoms with Gasteiger partial charge in [0, 0.05) is 25.4 Å². The number of aliphatic hydroxyl groups excluding tert-OH is 1. The smallest absolute Gasteiger partial charge is 0.0866 e. The van der Waals surface area contributed by atoms with Crippen LogP contribution in [0.2, 0.25) is 0 Å². The van der Waals surface area contributed by atoms with Crippen molar-refractivity contribution in [3.8, 4) is 0 Å². The Kier molecular flexibility index (Phi) is 3.23. The van der Waals surface area contributed by atoms with Gasteiger partial charge in [-0.15, -0.1) is 11.8 Å². The quantitative estimate of drug-likeness (QED) is 0.867. The third-order valence-corrected chi connectivity index (χ3v) is 4.77. The van der Waals surface area contributed by atoms with Gasteiger partial charge >= 0.3 is 0 Å². The first-order valence-electron chi connectivity index (χ1n) is 6.12. The predicted molar refractivity (Wildman–Crippen MR) is 71.8 cm³/mol. The molecule has 1 atom stereocenters. The molecule has 3 heteroatoms. The van der Waals surface area contributed by atoms with Crippen LogP contribution in [-0.2, 0) is 6.54 Å². The van der Waals surface area contributed by atoms with Gasteiger partial charge in [-0.3, -0.25) is 4.90 Å². The van der Waals surface area contributed by atoms with E-state index in [0.717, 1.165) is 31.8 Å². The van der Waals surface area contributed by atoms with E-state index in [-0.39, 0.29) is 6.10 Å².